The van der Waals surface area contributed by atoms with Gasteiger partial charge in [-0.15, -0.1) is 11.3 Å². The van der Waals surface area contributed by atoms with Crippen LogP contribution in [0.15, 0.2) is 47.8 Å². The van der Waals surface area contributed by atoms with Gasteiger partial charge in [-0.25, -0.2) is 4.98 Å². The third kappa shape index (κ3) is 5.27. The highest BCUT2D eigenvalue weighted by Crippen LogP contribution is 2.24. The molecule has 0 aliphatic heterocycles. The first-order chi connectivity index (χ1) is 13.4. The average molecular weight is 394 g/mol. The van der Waals surface area contributed by atoms with Gasteiger partial charge >= 0.3 is 5.97 Å². The van der Waals surface area contributed by atoms with E-state index in [1.165, 1.54) is 11.3 Å². The Labute approximate surface area is 168 Å². The minimum atomic E-state index is -0.475. The fraction of sp³-hybridized carbons (Fsp3) is 0.227. The summed E-state index contributed by atoms with van der Waals surface area (Å²) in [6.07, 6.45) is 0.0407. The fourth-order valence-corrected chi connectivity index (χ4v) is 3.52. The summed E-state index contributed by atoms with van der Waals surface area (Å²) >= 11 is 1.48. The lowest BCUT2D eigenvalue weighted by Crippen LogP contribution is -2.22. The van der Waals surface area contributed by atoms with Crippen LogP contribution in [0.1, 0.15) is 22.4 Å². The van der Waals surface area contributed by atoms with Crippen molar-refractivity contribution in [1.29, 1.82) is 0 Å². The zero-order valence-electron chi connectivity index (χ0n) is 16.1. The van der Waals surface area contributed by atoms with Crippen molar-refractivity contribution in [3.05, 3.63) is 70.2 Å². The number of rotatable bonds is 6. The molecule has 0 aliphatic rings. The lowest BCUT2D eigenvalue weighted by molar-refractivity contribution is -0.146. The van der Waals surface area contributed by atoms with Gasteiger partial charge in [-0.2, -0.15) is 0 Å². The van der Waals surface area contributed by atoms with E-state index in [0.717, 1.165) is 32.9 Å². The number of carbonyl (C=O) groups excluding carboxylic acids is 2. The van der Waals surface area contributed by atoms with Crippen molar-refractivity contribution in [3.63, 3.8) is 0 Å². The molecule has 0 aliphatic carbocycles. The van der Waals surface area contributed by atoms with Crippen molar-refractivity contribution in [2.45, 2.75) is 27.2 Å². The van der Waals surface area contributed by atoms with Gasteiger partial charge in [0.05, 0.1) is 12.1 Å². The maximum absolute atomic E-state index is 12.1. The van der Waals surface area contributed by atoms with Crippen LogP contribution in [0, 0.1) is 20.8 Å². The number of aryl methyl sites for hydroxylation is 3. The molecular weight excluding hydrogens is 372 g/mol. The second-order valence-corrected chi connectivity index (χ2v) is 7.58. The molecule has 0 saturated carbocycles. The Morgan fingerprint density at radius 3 is 2.64 bits per heavy atom. The van der Waals surface area contributed by atoms with E-state index < -0.39 is 5.97 Å². The molecule has 3 rings (SSSR count). The van der Waals surface area contributed by atoms with Crippen LogP contribution in [0.25, 0.3) is 10.6 Å². The smallest absolute Gasteiger partial charge is 0.312 e. The van der Waals surface area contributed by atoms with Gasteiger partial charge in [-0.1, -0.05) is 35.9 Å². The monoisotopic (exact) mass is 394 g/mol. The molecule has 144 valence electrons. The SMILES string of the molecule is Cc1cccc(-c2nc(CC(=O)OCC(=O)Nc3cc(C)ccc3C)cs2)c1. The van der Waals surface area contributed by atoms with Gasteiger partial charge in [-0.05, 0) is 44.0 Å². The van der Waals surface area contributed by atoms with Gasteiger partial charge in [0.25, 0.3) is 5.91 Å². The number of esters is 1. The molecule has 0 saturated heterocycles. The van der Waals surface area contributed by atoms with Crippen molar-refractivity contribution in [2.24, 2.45) is 0 Å². The summed E-state index contributed by atoms with van der Waals surface area (Å²) in [7, 11) is 0. The molecule has 28 heavy (non-hydrogen) atoms. The van der Waals surface area contributed by atoms with Gasteiger partial charge in [0.15, 0.2) is 6.61 Å². The van der Waals surface area contributed by atoms with Gasteiger partial charge in [0.1, 0.15) is 5.01 Å². The minimum Gasteiger partial charge on any atom is -0.455 e. The van der Waals surface area contributed by atoms with Crippen molar-refractivity contribution in [1.82, 2.24) is 4.98 Å². The standard InChI is InChI=1S/C22H22N2O3S/c1-14-5-4-6-17(9-14)22-23-18(13-28-22)11-21(26)27-12-20(25)24-19-10-15(2)7-8-16(19)3/h4-10,13H,11-12H2,1-3H3,(H,24,25). The number of ether oxygens (including phenoxy) is 1. The fourth-order valence-electron chi connectivity index (χ4n) is 2.70. The Morgan fingerprint density at radius 1 is 1.07 bits per heavy atom. The molecular formula is C22H22N2O3S. The number of aromatic nitrogens is 1. The van der Waals surface area contributed by atoms with Crippen molar-refractivity contribution < 1.29 is 14.3 Å². The minimum absolute atomic E-state index is 0.0407. The number of amides is 1. The highest BCUT2D eigenvalue weighted by molar-refractivity contribution is 7.13. The lowest BCUT2D eigenvalue weighted by Gasteiger charge is -2.09. The van der Waals surface area contributed by atoms with Gasteiger partial charge in [-0.3, -0.25) is 9.59 Å². The molecule has 0 bridgehead atoms. The van der Waals surface area contributed by atoms with E-state index in [2.05, 4.69) is 16.4 Å². The zero-order valence-corrected chi connectivity index (χ0v) is 16.9. The van der Waals surface area contributed by atoms with E-state index in [4.69, 9.17) is 4.74 Å². The Hall–Kier alpha value is -2.99. The van der Waals surface area contributed by atoms with Crippen molar-refractivity contribution in [2.75, 3.05) is 11.9 Å². The van der Waals surface area contributed by atoms with Gasteiger partial charge in [0.2, 0.25) is 0 Å². The van der Waals surface area contributed by atoms with E-state index in [1.54, 1.807) is 0 Å². The summed E-state index contributed by atoms with van der Waals surface area (Å²) in [6, 6.07) is 13.9. The van der Waals surface area contributed by atoms with Crippen LogP contribution in [0.5, 0.6) is 0 Å². The number of hydrogen-bond acceptors (Lipinski definition) is 5. The molecule has 1 heterocycles. The van der Waals surface area contributed by atoms with Gasteiger partial charge in [0, 0.05) is 16.6 Å². The molecule has 5 nitrogen and oxygen atoms in total. The van der Waals surface area contributed by atoms with Crippen LogP contribution in [0.3, 0.4) is 0 Å². The molecule has 0 atom stereocenters. The van der Waals surface area contributed by atoms with E-state index in [0.29, 0.717) is 5.69 Å². The topological polar surface area (TPSA) is 68.3 Å². The predicted octanol–water partition coefficient (Wildman–Crippen LogP) is 4.46. The number of thiazole rings is 1. The van der Waals surface area contributed by atoms with Crippen LogP contribution >= 0.6 is 11.3 Å². The first kappa shape index (κ1) is 19.8. The lowest BCUT2D eigenvalue weighted by atomic mass is 10.1. The molecule has 0 radical (unpaired) electrons. The van der Waals surface area contributed by atoms with Crippen LogP contribution in [-0.2, 0) is 20.7 Å². The summed E-state index contributed by atoms with van der Waals surface area (Å²) in [5, 5.41) is 5.47. The largest absolute Gasteiger partial charge is 0.455 e. The maximum atomic E-state index is 12.1. The molecule has 6 heteroatoms. The molecule has 1 amide bonds. The Morgan fingerprint density at radius 2 is 1.86 bits per heavy atom. The third-order valence-electron chi connectivity index (χ3n) is 4.17. The molecule has 1 N–H and O–H groups in total. The second kappa shape index (κ2) is 8.80. The molecule has 0 spiro atoms. The average Bonchev–Trinajstić information content (AvgIpc) is 3.11. The molecule has 0 fully saturated rings. The normalized spacial score (nSPS) is 10.5. The quantitative estimate of drug-likeness (QED) is 0.627. The third-order valence-corrected chi connectivity index (χ3v) is 5.11. The maximum Gasteiger partial charge on any atom is 0.312 e. The number of nitrogens with zero attached hydrogens (tertiary/aromatic N) is 1. The Kier molecular flexibility index (Phi) is 6.21. The van der Waals surface area contributed by atoms with E-state index in [9.17, 15) is 9.59 Å². The summed E-state index contributed by atoms with van der Waals surface area (Å²) < 4.78 is 5.10. The molecule has 0 unspecified atom stereocenters. The predicted molar refractivity (Wildman–Crippen MR) is 111 cm³/mol. The first-order valence-corrected chi connectivity index (χ1v) is 9.83. The van der Waals surface area contributed by atoms with Crippen LogP contribution in [0.4, 0.5) is 5.69 Å². The molecule has 1 aromatic heterocycles. The highest BCUT2D eigenvalue weighted by Gasteiger charge is 2.13. The number of benzene rings is 2. The number of anilines is 1. The molecule has 2 aromatic carbocycles. The van der Waals surface area contributed by atoms with Crippen molar-refractivity contribution in [3.8, 4) is 10.6 Å². The Bertz CT molecular complexity index is 1010. The summed E-state index contributed by atoms with van der Waals surface area (Å²) in [5.41, 5.74) is 5.55. The number of hydrogen-bond donors (Lipinski definition) is 1. The first-order valence-electron chi connectivity index (χ1n) is 8.95. The highest BCUT2D eigenvalue weighted by atomic mass is 32.1. The van der Waals surface area contributed by atoms with Crippen molar-refractivity contribution >= 4 is 28.9 Å². The van der Waals surface area contributed by atoms with E-state index in [1.807, 2.05) is 62.5 Å². The van der Waals surface area contributed by atoms with E-state index in [-0.39, 0.29) is 18.9 Å². The van der Waals surface area contributed by atoms with Crippen LogP contribution in [0.2, 0.25) is 0 Å². The van der Waals surface area contributed by atoms with Crippen LogP contribution in [-0.4, -0.2) is 23.5 Å². The Balaban J connectivity index is 1.52. The van der Waals surface area contributed by atoms with E-state index >= 15 is 0 Å². The molecule has 3 aromatic rings. The van der Waals surface area contributed by atoms with Crippen LogP contribution < -0.4 is 5.32 Å². The number of nitrogens with one attached hydrogen (secondary N) is 1. The van der Waals surface area contributed by atoms with Gasteiger partial charge < -0.3 is 10.1 Å². The summed E-state index contributed by atoms with van der Waals surface area (Å²) in [4.78, 5) is 28.6. The number of carbonyl (C=O) groups is 2. The second-order valence-electron chi connectivity index (χ2n) is 6.72. The zero-order chi connectivity index (χ0) is 20.1. The summed E-state index contributed by atoms with van der Waals surface area (Å²) in [5.74, 6) is -0.835. The summed E-state index contributed by atoms with van der Waals surface area (Å²) in [6.45, 7) is 5.57.